The van der Waals surface area contributed by atoms with Crippen LogP contribution in [0.1, 0.15) is 27.5 Å². The second kappa shape index (κ2) is 9.29. The number of amides is 1. The van der Waals surface area contributed by atoms with Crippen molar-refractivity contribution in [1.29, 1.82) is 0 Å². The number of para-hydroxylation sites is 1. The van der Waals surface area contributed by atoms with Gasteiger partial charge in [-0.1, -0.05) is 59.3 Å². The average Bonchev–Trinajstić information content (AvgIpc) is 3.18. The van der Waals surface area contributed by atoms with Crippen molar-refractivity contribution in [3.63, 3.8) is 0 Å². The molecule has 1 atom stereocenters. The van der Waals surface area contributed by atoms with Crippen LogP contribution in [0.25, 0.3) is 11.0 Å². The first-order valence-corrected chi connectivity index (χ1v) is 10.5. The van der Waals surface area contributed by atoms with Crippen molar-refractivity contribution in [2.45, 2.75) is 12.6 Å². The summed E-state index contributed by atoms with van der Waals surface area (Å²) in [5.74, 6) is -0.114. The Hall–Kier alpha value is -3.22. The molecule has 4 rings (SSSR count). The molecule has 1 amide bonds. The highest BCUT2D eigenvalue weighted by Crippen LogP contribution is 2.25. The molecule has 1 unspecified atom stereocenters. The van der Waals surface area contributed by atoms with Crippen LogP contribution in [-0.2, 0) is 6.54 Å². The Morgan fingerprint density at radius 2 is 1.74 bits per heavy atom. The van der Waals surface area contributed by atoms with E-state index in [9.17, 15) is 4.79 Å². The van der Waals surface area contributed by atoms with E-state index in [2.05, 4.69) is 15.6 Å². The largest absolute Gasteiger partial charge is 0.350 e. The molecule has 6 nitrogen and oxygen atoms in total. The summed E-state index contributed by atoms with van der Waals surface area (Å²) in [5, 5.41) is 12.1. The van der Waals surface area contributed by atoms with Crippen LogP contribution in [0.3, 0.4) is 0 Å². The minimum absolute atomic E-state index is 0.0162. The Kier molecular flexibility index (Phi) is 6.30. The Labute approximate surface area is 186 Å². The third-order valence-electron chi connectivity index (χ3n) is 5.31. The molecular formula is C24H24ClN5O. The summed E-state index contributed by atoms with van der Waals surface area (Å²) in [6.07, 6.45) is 0. The lowest BCUT2D eigenvalue weighted by atomic mass is 10.1. The number of halogens is 1. The summed E-state index contributed by atoms with van der Waals surface area (Å²) in [6.45, 7) is 1.06. The van der Waals surface area contributed by atoms with E-state index in [0.29, 0.717) is 23.7 Å². The van der Waals surface area contributed by atoms with Gasteiger partial charge in [0.15, 0.2) is 0 Å². The van der Waals surface area contributed by atoms with Gasteiger partial charge in [0.05, 0.1) is 18.1 Å². The predicted molar refractivity (Wildman–Crippen MR) is 123 cm³/mol. The quantitative estimate of drug-likeness (QED) is 0.475. The lowest BCUT2D eigenvalue weighted by Gasteiger charge is -2.26. The van der Waals surface area contributed by atoms with Crippen molar-refractivity contribution in [2.24, 2.45) is 0 Å². The number of aromatic nitrogens is 3. The van der Waals surface area contributed by atoms with E-state index in [4.69, 9.17) is 11.6 Å². The highest BCUT2D eigenvalue weighted by molar-refractivity contribution is 6.31. The van der Waals surface area contributed by atoms with Crippen molar-refractivity contribution in [3.8, 4) is 0 Å². The third-order valence-corrected chi connectivity index (χ3v) is 5.66. The van der Waals surface area contributed by atoms with Gasteiger partial charge in [0.25, 0.3) is 5.91 Å². The lowest BCUT2D eigenvalue weighted by Crippen LogP contribution is -2.34. The molecule has 158 valence electrons. The molecule has 0 radical (unpaired) electrons. The van der Waals surface area contributed by atoms with Crippen molar-refractivity contribution < 1.29 is 4.79 Å². The van der Waals surface area contributed by atoms with Gasteiger partial charge in [-0.3, -0.25) is 4.79 Å². The Morgan fingerprint density at radius 3 is 2.48 bits per heavy atom. The molecule has 31 heavy (non-hydrogen) atoms. The van der Waals surface area contributed by atoms with Gasteiger partial charge < -0.3 is 10.2 Å². The van der Waals surface area contributed by atoms with E-state index in [1.807, 2.05) is 96.5 Å². The summed E-state index contributed by atoms with van der Waals surface area (Å²) < 4.78 is 1.86. The molecule has 0 aliphatic rings. The number of hydrogen-bond acceptors (Lipinski definition) is 4. The van der Waals surface area contributed by atoms with E-state index in [1.54, 1.807) is 0 Å². The highest BCUT2D eigenvalue weighted by atomic mass is 35.5. The summed E-state index contributed by atoms with van der Waals surface area (Å²) in [5.41, 5.74) is 4.51. The van der Waals surface area contributed by atoms with Gasteiger partial charge in [-0.25, -0.2) is 4.68 Å². The van der Waals surface area contributed by atoms with Crippen LogP contribution in [0.15, 0.2) is 72.8 Å². The van der Waals surface area contributed by atoms with E-state index in [0.717, 1.165) is 22.2 Å². The summed E-state index contributed by atoms with van der Waals surface area (Å²) in [7, 11) is 3.95. The Morgan fingerprint density at radius 1 is 1.03 bits per heavy atom. The van der Waals surface area contributed by atoms with Crippen molar-refractivity contribution in [1.82, 2.24) is 25.2 Å². The molecule has 4 aromatic rings. The zero-order chi connectivity index (χ0) is 21.8. The number of carbonyl (C=O) groups excluding carboxylic acids is 1. The first-order valence-electron chi connectivity index (χ1n) is 10.1. The first-order chi connectivity index (χ1) is 15.0. The van der Waals surface area contributed by atoms with E-state index < -0.39 is 0 Å². The Bertz CT molecular complexity index is 1190. The minimum Gasteiger partial charge on any atom is -0.350 e. The molecule has 3 aromatic carbocycles. The normalized spacial score (nSPS) is 12.3. The maximum absolute atomic E-state index is 12.7. The Balaban J connectivity index is 1.41. The monoisotopic (exact) mass is 433 g/mol. The third kappa shape index (κ3) is 4.76. The van der Waals surface area contributed by atoms with Gasteiger partial charge in [0, 0.05) is 17.1 Å². The number of nitrogens with one attached hydrogen (secondary N) is 1. The number of hydrogen-bond donors (Lipinski definition) is 1. The molecule has 0 bridgehead atoms. The van der Waals surface area contributed by atoms with E-state index in [1.165, 1.54) is 0 Å². The van der Waals surface area contributed by atoms with Gasteiger partial charge in [0.1, 0.15) is 5.52 Å². The number of benzene rings is 3. The highest BCUT2D eigenvalue weighted by Gasteiger charge is 2.18. The molecule has 7 heteroatoms. The fourth-order valence-corrected chi connectivity index (χ4v) is 3.84. The molecular weight excluding hydrogens is 410 g/mol. The molecule has 1 aromatic heterocycles. The number of carbonyl (C=O) groups is 1. The first kappa shape index (κ1) is 21.0. The number of likely N-dealkylation sites (N-methyl/N-ethyl adjacent to an activating group) is 1. The SMILES string of the molecule is CN(C)C(CNC(=O)c1ccc(Cn2nnc3ccccc32)cc1)c1ccccc1Cl. The van der Waals surface area contributed by atoms with Crippen molar-refractivity contribution in [2.75, 3.05) is 20.6 Å². The second-order valence-corrected chi connectivity index (χ2v) is 8.05. The van der Waals surface area contributed by atoms with Crippen LogP contribution in [0.4, 0.5) is 0 Å². The molecule has 0 spiro atoms. The average molecular weight is 434 g/mol. The summed E-state index contributed by atoms with van der Waals surface area (Å²) in [6, 6.07) is 23.1. The van der Waals surface area contributed by atoms with Crippen LogP contribution in [-0.4, -0.2) is 46.4 Å². The predicted octanol–water partition coefficient (Wildman–Crippen LogP) is 4.17. The van der Waals surface area contributed by atoms with E-state index in [-0.39, 0.29) is 11.9 Å². The van der Waals surface area contributed by atoms with Crippen molar-refractivity contribution in [3.05, 3.63) is 94.5 Å². The second-order valence-electron chi connectivity index (χ2n) is 7.64. The molecule has 1 heterocycles. The van der Waals surface area contributed by atoms with Crippen LogP contribution in [0, 0.1) is 0 Å². The maximum Gasteiger partial charge on any atom is 0.251 e. The zero-order valence-electron chi connectivity index (χ0n) is 17.5. The fraction of sp³-hybridized carbons (Fsp3) is 0.208. The summed E-state index contributed by atoms with van der Waals surface area (Å²) >= 11 is 6.36. The number of rotatable bonds is 7. The van der Waals surface area contributed by atoms with Crippen molar-refractivity contribution >= 4 is 28.5 Å². The standard InChI is InChI=1S/C24H24ClN5O/c1-29(2)23(19-7-3-4-8-20(19)25)15-26-24(31)18-13-11-17(12-14-18)16-30-22-10-6-5-9-21(22)27-28-30/h3-14,23H,15-16H2,1-2H3,(H,26,31). The smallest absolute Gasteiger partial charge is 0.251 e. The molecule has 0 aliphatic carbocycles. The molecule has 0 aliphatic heterocycles. The number of fused-ring (bicyclic) bond motifs is 1. The van der Waals surface area contributed by atoms with Crippen LogP contribution in [0.5, 0.6) is 0 Å². The van der Waals surface area contributed by atoms with Crippen LogP contribution in [0.2, 0.25) is 5.02 Å². The topological polar surface area (TPSA) is 63.1 Å². The minimum atomic E-state index is -0.114. The van der Waals surface area contributed by atoms with Gasteiger partial charge in [-0.2, -0.15) is 0 Å². The van der Waals surface area contributed by atoms with Gasteiger partial charge in [-0.05, 0) is 55.6 Å². The lowest BCUT2D eigenvalue weighted by molar-refractivity contribution is 0.0942. The molecule has 1 N–H and O–H groups in total. The molecule has 0 saturated heterocycles. The number of nitrogens with zero attached hydrogens (tertiary/aromatic N) is 4. The van der Waals surface area contributed by atoms with Crippen LogP contribution >= 0.6 is 11.6 Å². The van der Waals surface area contributed by atoms with E-state index >= 15 is 0 Å². The van der Waals surface area contributed by atoms with Crippen LogP contribution < -0.4 is 5.32 Å². The summed E-state index contributed by atoms with van der Waals surface area (Å²) in [4.78, 5) is 14.7. The fourth-order valence-electron chi connectivity index (χ4n) is 3.58. The molecule has 0 saturated carbocycles. The van der Waals surface area contributed by atoms with Gasteiger partial charge in [0.2, 0.25) is 0 Å². The van der Waals surface area contributed by atoms with Gasteiger partial charge in [-0.15, -0.1) is 5.10 Å². The maximum atomic E-state index is 12.7. The molecule has 0 fully saturated rings. The zero-order valence-corrected chi connectivity index (χ0v) is 18.3. The van der Waals surface area contributed by atoms with Gasteiger partial charge >= 0.3 is 0 Å².